The van der Waals surface area contributed by atoms with E-state index in [0.29, 0.717) is 17.9 Å². The predicted octanol–water partition coefficient (Wildman–Crippen LogP) is 1.91. The summed E-state index contributed by atoms with van der Waals surface area (Å²) in [7, 11) is 0. The average molecular weight is 229 g/mol. The number of nitrogens with two attached hydrogens (primary N) is 1. The highest BCUT2D eigenvalue weighted by Crippen LogP contribution is 2.26. The van der Waals surface area contributed by atoms with Gasteiger partial charge in [-0.3, -0.25) is 4.55 Å². The highest BCUT2D eigenvalue weighted by atomic mass is 32.2. The molecule has 0 bridgehead atoms. The van der Waals surface area contributed by atoms with Crippen LogP contribution in [0.2, 0.25) is 0 Å². The molecular formula is C10H15NO3S. The van der Waals surface area contributed by atoms with Crippen molar-refractivity contribution in [2.75, 3.05) is 5.73 Å². The lowest BCUT2D eigenvalue weighted by molar-refractivity contribution is 0.455. The van der Waals surface area contributed by atoms with Crippen LogP contribution in [-0.2, 0) is 24.2 Å². The maximum Gasteiger partial charge on any atom is 0.357 e. The van der Waals surface area contributed by atoms with E-state index in [9.17, 15) is 4.21 Å². The van der Waals surface area contributed by atoms with Gasteiger partial charge in [0.2, 0.25) is 0 Å². The minimum absolute atomic E-state index is 0.435. The molecular weight excluding hydrogens is 214 g/mol. The van der Waals surface area contributed by atoms with Crippen molar-refractivity contribution in [1.29, 1.82) is 0 Å². The van der Waals surface area contributed by atoms with Crippen LogP contribution < -0.4 is 9.92 Å². The molecule has 84 valence electrons. The number of benzene rings is 1. The van der Waals surface area contributed by atoms with Crippen molar-refractivity contribution in [3.8, 4) is 5.75 Å². The molecule has 1 atom stereocenters. The van der Waals surface area contributed by atoms with Crippen LogP contribution >= 0.6 is 0 Å². The zero-order chi connectivity index (χ0) is 11.4. The van der Waals surface area contributed by atoms with E-state index in [-0.39, 0.29) is 0 Å². The second-order valence-corrected chi connectivity index (χ2v) is 3.77. The lowest BCUT2D eigenvalue weighted by Crippen LogP contribution is -2.03. The molecule has 1 aromatic carbocycles. The van der Waals surface area contributed by atoms with Gasteiger partial charge < -0.3 is 9.92 Å². The van der Waals surface area contributed by atoms with Crippen molar-refractivity contribution in [3.05, 3.63) is 23.3 Å². The fourth-order valence-corrected chi connectivity index (χ4v) is 1.73. The van der Waals surface area contributed by atoms with Gasteiger partial charge in [0.1, 0.15) is 5.75 Å². The molecule has 0 saturated heterocycles. The molecule has 0 fully saturated rings. The third-order valence-electron chi connectivity index (χ3n) is 2.25. The Morgan fingerprint density at radius 1 is 1.33 bits per heavy atom. The summed E-state index contributed by atoms with van der Waals surface area (Å²) < 4.78 is 24.1. The summed E-state index contributed by atoms with van der Waals surface area (Å²) in [5.41, 5.74) is 8.28. The summed E-state index contributed by atoms with van der Waals surface area (Å²) in [5.74, 6) is 0.435. The lowest BCUT2D eigenvalue weighted by atomic mass is 10.0. The van der Waals surface area contributed by atoms with Gasteiger partial charge in [-0.2, -0.15) is 4.21 Å². The topological polar surface area (TPSA) is 72.5 Å². The van der Waals surface area contributed by atoms with Crippen LogP contribution in [0.5, 0.6) is 5.75 Å². The Kier molecular flexibility index (Phi) is 4.11. The number of hydrogen-bond acceptors (Lipinski definition) is 3. The summed E-state index contributed by atoms with van der Waals surface area (Å²) in [4.78, 5) is 0. The molecule has 0 aliphatic rings. The Morgan fingerprint density at radius 2 is 1.93 bits per heavy atom. The van der Waals surface area contributed by atoms with Crippen molar-refractivity contribution in [2.45, 2.75) is 26.7 Å². The first-order valence-corrected chi connectivity index (χ1v) is 5.82. The molecule has 0 spiro atoms. The van der Waals surface area contributed by atoms with Crippen LogP contribution in [0.3, 0.4) is 0 Å². The molecule has 1 aromatic rings. The summed E-state index contributed by atoms with van der Waals surface area (Å²) in [5, 5.41) is 0. The van der Waals surface area contributed by atoms with Gasteiger partial charge in [-0.15, -0.1) is 0 Å². The molecule has 15 heavy (non-hydrogen) atoms. The van der Waals surface area contributed by atoms with Crippen molar-refractivity contribution >= 4 is 17.0 Å². The first-order chi connectivity index (χ1) is 7.08. The summed E-state index contributed by atoms with van der Waals surface area (Å²) in [6, 6.07) is 3.52. The Morgan fingerprint density at radius 3 is 2.40 bits per heavy atom. The third kappa shape index (κ3) is 2.94. The Labute approximate surface area is 91.9 Å². The van der Waals surface area contributed by atoms with Crippen LogP contribution in [0.15, 0.2) is 12.1 Å². The highest BCUT2D eigenvalue weighted by molar-refractivity contribution is 7.74. The number of nitrogen functional groups attached to an aromatic ring is 1. The fourth-order valence-electron chi connectivity index (χ4n) is 1.42. The minimum atomic E-state index is -2.29. The highest BCUT2D eigenvalue weighted by Gasteiger charge is 2.09. The molecule has 3 N–H and O–H groups in total. The maximum atomic E-state index is 10.6. The summed E-state index contributed by atoms with van der Waals surface area (Å²) in [6.45, 7) is 3.91. The Bertz CT molecular complexity index is 379. The van der Waals surface area contributed by atoms with Gasteiger partial charge >= 0.3 is 11.4 Å². The Balaban J connectivity index is 3.16. The number of anilines is 1. The zero-order valence-electron chi connectivity index (χ0n) is 8.82. The van der Waals surface area contributed by atoms with E-state index >= 15 is 0 Å². The van der Waals surface area contributed by atoms with Gasteiger partial charge in [0.05, 0.1) is 0 Å². The normalized spacial score (nSPS) is 12.5. The van der Waals surface area contributed by atoms with Gasteiger partial charge in [-0.25, -0.2) is 0 Å². The minimum Gasteiger partial charge on any atom is -0.398 e. The molecule has 0 saturated carbocycles. The average Bonchev–Trinajstić information content (AvgIpc) is 2.19. The number of rotatable bonds is 4. The van der Waals surface area contributed by atoms with Crippen LogP contribution in [0.4, 0.5) is 5.69 Å². The quantitative estimate of drug-likeness (QED) is 0.611. The summed E-state index contributed by atoms with van der Waals surface area (Å²) >= 11 is -2.29. The SMILES string of the molecule is CCc1cc(OS(=O)O)c(CC)cc1N. The van der Waals surface area contributed by atoms with E-state index in [0.717, 1.165) is 17.5 Å². The lowest BCUT2D eigenvalue weighted by Gasteiger charge is -2.10. The predicted molar refractivity (Wildman–Crippen MR) is 61.0 cm³/mol. The molecule has 0 radical (unpaired) electrons. The molecule has 0 aromatic heterocycles. The van der Waals surface area contributed by atoms with Gasteiger partial charge in [-0.05, 0) is 36.1 Å². The largest absolute Gasteiger partial charge is 0.398 e. The molecule has 0 aliphatic carbocycles. The van der Waals surface area contributed by atoms with E-state index in [1.165, 1.54) is 0 Å². The van der Waals surface area contributed by atoms with Crippen molar-refractivity contribution in [2.24, 2.45) is 0 Å². The number of aryl methyl sites for hydroxylation is 2. The van der Waals surface area contributed by atoms with Crippen molar-refractivity contribution in [1.82, 2.24) is 0 Å². The van der Waals surface area contributed by atoms with Crippen LogP contribution in [-0.4, -0.2) is 8.76 Å². The first kappa shape index (κ1) is 12.0. The summed E-state index contributed by atoms with van der Waals surface area (Å²) in [6.07, 6.45) is 1.48. The van der Waals surface area contributed by atoms with E-state index in [4.69, 9.17) is 14.5 Å². The third-order valence-corrected chi connectivity index (χ3v) is 2.57. The smallest absolute Gasteiger partial charge is 0.357 e. The van der Waals surface area contributed by atoms with Crippen LogP contribution in [0, 0.1) is 0 Å². The van der Waals surface area contributed by atoms with Crippen molar-refractivity contribution in [3.63, 3.8) is 0 Å². The Hall–Kier alpha value is -1.07. The van der Waals surface area contributed by atoms with E-state index in [2.05, 4.69) is 0 Å². The van der Waals surface area contributed by atoms with Crippen LogP contribution in [0.25, 0.3) is 0 Å². The fraction of sp³-hybridized carbons (Fsp3) is 0.400. The molecule has 0 aliphatic heterocycles. The van der Waals surface area contributed by atoms with Crippen molar-refractivity contribution < 1.29 is 12.9 Å². The molecule has 4 nitrogen and oxygen atoms in total. The van der Waals surface area contributed by atoms with Crippen LogP contribution in [0.1, 0.15) is 25.0 Å². The molecule has 0 heterocycles. The second kappa shape index (κ2) is 5.14. The molecule has 1 unspecified atom stereocenters. The maximum absolute atomic E-state index is 10.6. The molecule has 0 amide bonds. The standard InChI is InChI=1S/C10H15NO3S/c1-3-7-6-10(14-15(12)13)8(4-2)5-9(7)11/h5-6H,3-4,11H2,1-2H3,(H,12,13). The second-order valence-electron chi connectivity index (χ2n) is 3.17. The van der Waals surface area contributed by atoms with Gasteiger partial charge in [0.15, 0.2) is 0 Å². The van der Waals surface area contributed by atoms with E-state index in [1.54, 1.807) is 12.1 Å². The molecule has 5 heteroatoms. The monoisotopic (exact) mass is 229 g/mol. The molecule has 1 rings (SSSR count). The van der Waals surface area contributed by atoms with E-state index < -0.39 is 11.4 Å². The van der Waals surface area contributed by atoms with Gasteiger partial charge in [-0.1, -0.05) is 13.8 Å². The number of hydrogen-bond donors (Lipinski definition) is 2. The van der Waals surface area contributed by atoms with Gasteiger partial charge in [0.25, 0.3) is 0 Å². The van der Waals surface area contributed by atoms with Gasteiger partial charge in [0, 0.05) is 5.69 Å². The first-order valence-electron chi connectivity index (χ1n) is 4.78. The van der Waals surface area contributed by atoms with E-state index in [1.807, 2.05) is 13.8 Å². The zero-order valence-corrected chi connectivity index (χ0v) is 9.63.